The zero-order chi connectivity index (χ0) is 43.6. The zero-order valence-electron chi connectivity index (χ0n) is 40.5. The number of hydrogen-bond acceptors (Lipinski definition) is 1. The standard InChI is InChI=1S/C61H76O/c1-31-32(2)36(6)54(37(7)33(31)3)57-43(13)61-59(56-39(9)35(5)34(4)38(8)55(56)57)58-41(11)40(10)53(42(12)60(58)62-61)52-29-50(48-24-22-44-18-14-16-20-46(44)26-48)28-51(30-52)49-25-23-45-19-15-17-21-47(45)27-49/h14,16-18,20-27,34-35,38-39,43-44,46,50-52,55-57,59,61H,15,19,28-30H2,1-13H3. The minimum Gasteiger partial charge on any atom is -0.489 e. The molecule has 3 saturated carbocycles. The molecule has 3 fully saturated rings. The van der Waals surface area contributed by atoms with Crippen LogP contribution >= 0.6 is 0 Å². The van der Waals surface area contributed by atoms with Crippen molar-refractivity contribution in [3.05, 3.63) is 150 Å². The summed E-state index contributed by atoms with van der Waals surface area (Å²) in [6.45, 7) is 32.5. The van der Waals surface area contributed by atoms with Gasteiger partial charge in [-0.25, -0.2) is 0 Å². The topological polar surface area (TPSA) is 9.23 Å². The van der Waals surface area contributed by atoms with Gasteiger partial charge in [0.05, 0.1) is 0 Å². The van der Waals surface area contributed by atoms with Crippen LogP contribution < -0.4 is 4.74 Å². The predicted molar refractivity (Wildman–Crippen MR) is 263 cm³/mol. The fraction of sp³-hybridized carbons (Fsp3) is 0.541. The van der Waals surface area contributed by atoms with Crippen molar-refractivity contribution in [2.45, 2.75) is 152 Å². The fourth-order valence-electron chi connectivity index (χ4n) is 15.7. The van der Waals surface area contributed by atoms with Crippen LogP contribution in [-0.4, -0.2) is 6.10 Å². The third-order valence-corrected chi connectivity index (χ3v) is 20.0. The molecule has 0 bridgehead atoms. The van der Waals surface area contributed by atoms with Crippen LogP contribution in [0.1, 0.15) is 162 Å². The first-order chi connectivity index (χ1) is 29.7. The van der Waals surface area contributed by atoms with E-state index in [9.17, 15) is 0 Å². The van der Waals surface area contributed by atoms with E-state index in [1.54, 1.807) is 33.4 Å². The summed E-state index contributed by atoms with van der Waals surface area (Å²) in [7, 11) is 0. The lowest BCUT2D eigenvalue weighted by atomic mass is 9.45. The van der Waals surface area contributed by atoms with E-state index in [0.717, 1.165) is 6.42 Å². The smallest absolute Gasteiger partial charge is 0.126 e. The third-order valence-electron chi connectivity index (χ3n) is 20.0. The van der Waals surface area contributed by atoms with Gasteiger partial charge in [0.25, 0.3) is 0 Å². The average Bonchev–Trinajstić information content (AvgIpc) is 3.70. The van der Waals surface area contributed by atoms with Crippen molar-refractivity contribution < 1.29 is 4.74 Å². The minimum absolute atomic E-state index is 0.192. The van der Waals surface area contributed by atoms with E-state index in [2.05, 4.69) is 163 Å². The summed E-state index contributed by atoms with van der Waals surface area (Å²) in [5.74, 6) is 8.99. The summed E-state index contributed by atoms with van der Waals surface area (Å²) in [6, 6.07) is 7.53. The Balaban J connectivity index is 1.09. The molecule has 3 aromatic rings. The quantitative estimate of drug-likeness (QED) is 0.255. The number of aryl methyl sites for hydroxylation is 1. The number of rotatable bonds is 4. The highest BCUT2D eigenvalue weighted by Crippen LogP contribution is 2.67. The Hall–Kier alpha value is -3.84. The van der Waals surface area contributed by atoms with Crippen molar-refractivity contribution in [3.63, 3.8) is 0 Å². The molecule has 6 aliphatic carbocycles. The van der Waals surface area contributed by atoms with Gasteiger partial charge in [0.1, 0.15) is 11.9 Å². The molecule has 1 nitrogen and oxygen atoms in total. The first-order valence-corrected chi connectivity index (χ1v) is 25.1. The van der Waals surface area contributed by atoms with Crippen LogP contribution in [0, 0.1) is 115 Å². The lowest BCUT2D eigenvalue weighted by molar-refractivity contribution is -0.0859. The van der Waals surface area contributed by atoms with Crippen LogP contribution in [0.3, 0.4) is 0 Å². The number of benzene rings is 3. The van der Waals surface area contributed by atoms with Crippen molar-refractivity contribution in [3.8, 4) is 5.75 Å². The van der Waals surface area contributed by atoms with Crippen LogP contribution in [0.25, 0.3) is 6.08 Å². The molecule has 1 heterocycles. The molecule has 1 aliphatic heterocycles. The normalized spacial score (nSPS) is 36.6. The summed E-state index contributed by atoms with van der Waals surface area (Å²) in [6.07, 6.45) is 27.8. The lowest BCUT2D eigenvalue weighted by Gasteiger charge is -2.59. The predicted octanol–water partition coefficient (Wildman–Crippen LogP) is 15.7. The molecular weight excluding hydrogens is 749 g/mol. The van der Waals surface area contributed by atoms with Crippen molar-refractivity contribution in [2.24, 2.45) is 59.2 Å². The highest BCUT2D eigenvalue weighted by Gasteiger charge is 2.61. The van der Waals surface area contributed by atoms with Gasteiger partial charge in [-0.05, 0) is 225 Å². The van der Waals surface area contributed by atoms with E-state index in [1.165, 1.54) is 81.5 Å². The van der Waals surface area contributed by atoms with Gasteiger partial charge in [-0.15, -0.1) is 0 Å². The largest absolute Gasteiger partial charge is 0.489 e. The molecule has 0 spiro atoms. The molecule has 0 N–H and O–H groups in total. The van der Waals surface area contributed by atoms with Gasteiger partial charge in [-0.2, -0.15) is 0 Å². The van der Waals surface area contributed by atoms with E-state index in [1.807, 2.05) is 0 Å². The Bertz CT molecular complexity index is 2430. The number of allylic oxidation sites excluding steroid dienone is 9. The molecular formula is C61H76O. The molecule has 15 atom stereocenters. The molecule has 0 aromatic heterocycles. The number of ether oxygens (including phenoxy) is 1. The zero-order valence-corrected chi connectivity index (χ0v) is 40.5. The lowest BCUT2D eigenvalue weighted by Crippen LogP contribution is -2.55. The van der Waals surface area contributed by atoms with E-state index in [4.69, 9.17) is 4.74 Å². The molecule has 15 unspecified atom stereocenters. The summed E-state index contributed by atoms with van der Waals surface area (Å²) < 4.78 is 7.76. The van der Waals surface area contributed by atoms with Crippen LogP contribution in [0.2, 0.25) is 0 Å². The maximum atomic E-state index is 7.76. The Morgan fingerprint density at radius 1 is 0.516 bits per heavy atom. The molecule has 326 valence electrons. The molecule has 0 radical (unpaired) electrons. The average molecular weight is 825 g/mol. The van der Waals surface area contributed by atoms with Crippen molar-refractivity contribution in [2.75, 3.05) is 0 Å². The molecule has 10 rings (SSSR count). The van der Waals surface area contributed by atoms with Crippen molar-refractivity contribution in [1.29, 1.82) is 0 Å². The third kappa shape index (κ3) is 6.34. The molecule has 0 saturated heterocycles. The minimum atomic E-state index is 0.192. The maximum absolute atomic E-state index is 7.76. The highest BCUT2D eigenvalue weighted by atomic mass is 16.5. The Morgan fingerprint density at radius 3 is 1.82 bits per heavy atom. The van der Waals surface area contributed by atoms with Crippen LogP contribution in [0.5, 0.6) is 5.75 Å². The second-order valence-corrected chi connectivity index (χ2v) is 22.3. The first kappa shape index (κ1) is 42.1. The van der Waals surface area contributed by atoms with Crippen molar-refractivity contribution in [1.82, 2.24) is 0 Å². The summed E-state index contributed by atoms with van der Waals surface area (Å²) in [4.78, 5) is 0. The molecule has 1 heteroatoms. The van der Waals surface area contributed by atoms with Crippen LogP contribution in [0.4, 0.5) is 0 Å². The number of fused-ring (bicyclic) bond motifs is 7. The summed E-state index contributed by atoms with van der Waals surface area (Å²) >= 11 is 0. The highest BCUT2D eigenvalue weighted by molar-refractivity contribution is 5.62. The van der Waals surface area contributed by atoms with Gasteiger partial charge in [0.15, 0.2) is 0 Å². The maximum Gasteiger partial charge on any atom is 0.126 e. The summed E-state index contributed by atoms with van der Waals surface area (Å²) in [5.41, 5.74) is 23.0. The van der Waals surface area contributed by atoms with Gasteiger partial charge in [-0.1, -0.05) is 108 Å². The SMILES string of the molecule is Cc1c(C)c(C)c(C2C(C)C3Oc4c(C)c(C5CC(C6=CC7C=CC=CC7C=C6)CC(c6ccc7c(c6)C=CCC7)C5)c(C)c(C)c4C3C3C(C)C(C)C(C)C(C)C23)c(C)c1C. The summed E-state index contributed by atoms with van der Waals surface area (Å²) in [5, 5.41) is 0. The monoisotopic (exact) mass is 825 g/mol. The van der Waals surface area contributed by atoms with Crippen LogP contribution in [0.15, 0.2) is 72.4 Å². The molecule has 7 aliphatic rings. The second-order valence-electron chi connectivity index (χ2n) is 22.3. The van der Waals surface area contributed by atoms with Gasteiger partial charge in [-0.3, -0.25) is 0 Å². The van der Waals surface area contributed by atoms with Gasteiger partial charge >= 0.3 is 0 Å². The van der Waals surface area contributed by atoms with E-state index >= 15 is 0 Å². The Labute approximate surface area is 376 Å². The van der Waals surface area contributed by atoms with Gasteiger partial charge in [0, 0.05) is 29.2 Å². The van der Waals surface area contributed by atoms with E-state index in [0.29, 0.717) is 82.9 Å². The number of hydrogen-bond donors (Lipinski definition) is 0. The van der Waals surface area contributed by atoms with Gasteiger partial charge in [0.2, 0.25) is 0 Å². The second kappa shape index (κ2) is 15.7. The van der Waals surface area contributed by atoms with E-state index in [-0.39, 0.29) is 6.10 Å². The fourth-order valence-corrected chi connectivity index (χ4v) is 15.7. The Kier molecular flexibility index (Phi) is 10.7. The molecule has 62 heavy (non-hydrogen) atoms. The molecule has 3 aromatic carbocycles. The van der Waals surface area contributed by atoms with Crippen molar-refractivity contribution >= 4 is 6.08 Å². The molecule has 0 amide bonds. The first-order valence-electron chi connectivity index (χ1n) is 25.1. The van der Waals surface area contributed by atoms with E-state index < -0.39 is 0 Å². The van der Waals surface area contributed by atoms with Crippen LogP contribution in [-0.2, 0) is 6.42 Å². The Morgan fingerprint density at radius 2 is 1.11 bits per heavy atom. The van der Waals surface area contributed by atoms with Gasteiger partial charge < -0.3 is 4.74 Å².